The number of Topliss-reactive ketones (excluding diaryl/α,β-unsaturated/α-hetero) is 1. The molecule has 3 aromatic rings. The fourth-order valence-electron chi connectivity index (χ4n) is 3.47. The molecule has 0 aliphatic carbocycles. The highest BCUT2D eigenvalue weighted by atomic mass is 28.3. The minimum Gasteiger partial charge on any atom is -0.377 e. The predicted octanol–water partition coefficient (Wildman–Crippen LogP) is 3.50. The van der Waals surface area contributed by atoms with Gasteiger partial charge in [-0.2, -0.15) is 5.16 Å². The van der Waals surface area contributed by atoms with Crippen LogP contribution < -0.4 is 16.1 Å². The molecule has 0 aliphatic heterocycles. The summed E-state index contributed by atoms with van der Waals surface area (Å²) in [7, 11) is 0.191. The molecule has 0 spiro atoms. The number of ether oxygens (including phenoxy) is 1. The maximum atomic E-state index is 13.3. The highest BCUT2D eigenvalue weighted by Gasteiger charge is 2.25. The van der Waals surface area contributed by atoms with Crippen molar-refractivity contribution in [1.29, 1.82) is 0 Å². The summed E-state index contributed by atoms with van der Waals surface area (Å²) in [4.78, 5) is 37.3. The molecule has 1 heterocycles. The molecule has 1 aromatic heterocycles. The van der Waals surface area contributed by atoms with Crippen molar-refractivity contribution in [2.45, 2.75) is 45.1 Å². The van der Waals surface area contributed by atoms with Crippen LogP contribution in [0.5, 0.6) is 0 Å². The Kier molecular flexibility index (Phi) is 7.50. The third kappa shape index (κ3) is 6.18. The minimum absolute atomic E-state index is 0.0956. The van der Waals surface area contributed by atoms with Crippen LogP contribution in [0.25, 0.3) is 0 Å². The van der Waals surface area contributed by atoms with Crippen molar-refractivity contribution in [1.82, 2.24) is 10.5 Å². The lowest BCUT2D eigenvalue weighted by atomic mass is 9.96. The number of nitrogens with one attached hydrogen (secondary N) is 2. The molecular formula is C25H30N2O5Si. The molecule has 174 valence electrons. The van der Waals surface area contributed by atoms with Gasteiger partial charge in [0.05, 0.1) is 20.2 Å². The van der Waals surface area contributed by atoms with E-state index in [4.69, 9.17) is 9.26 Å². The molecule has 0 saturated carbocycles. The van der Waals surface area contributed by atoms with Crippen LogP contribution in [0.3, 0.4) is 0 Å². The van der Waals surface area contributed by atoms with Gasteiger partial charge in [0.2, 0.25) is 5.76 Å². The fourth-order valence-corrected chi connectivity index (χ4v) is 4.64. The number of hydrogen-bond donors (Lipinski definition) is 2. The normalized spacial score (nSPS) is 13.4. The number of carbonyl (C=O) groups is 2. The third-order valence-corrected chi connectivity index (χ3v) is 7.70. The smallest absolute Gasteiger partial charge is 0.290 e. The van der Waals surface area contributed by atoms with E-state index >= 15 is 0 Å². The molecule has 1 amide bonds. The number of aromatic amines is 1. The van der Waals surface area contributed by atoms with Gasteiger partial charge in [-0.15, -0.1) is 0 Å². The number of aromatic nitrogens is 1. The van der Waals surface area contributed by atoms with Gasteiger partial charge in [0.15, 0.2) is 5.78 Å². The van der Waals surface area contributed by atoms with Gasteiger partial charge < -0.3 is 14.6 Å². The van der Waals surface area contributed by atoms with Crippen LogP contribution in [-0.4, -0.2) is 32.0 Å². The first-order valence-electron chi connectivity index (χ1n) is 10.8. The van der Waals surface area contributed by atoms with Gasteiger partial charge in [-0.05, 0) is 23.6 Å². The van der Waals surface area contributed by atoms with E-state index in [0.717, 1.165) is 17.2 Å². The molecule has 0 fully saturated rings. The molecule has 3 rings (SSSR count). The van der Waals surface area contributed by atoms with Crippen LogP contribution in [0.15, 0.2) is 63.9 Å². The van der Waals surface area contributed by atoms with E-state index < -0.39 is 25.6 Å². The van der Waals surface area contributed by atoms with Crippen LogP contribution in [0.2, 0.25) is 19.6 Å². The molecule has 2 atom stereocenters. The summed E-state index contributed by atoms with van der Waals surface area (Å²) in [5.41, 5.74) is 1.94. The topological polar surface area (TPSA) is 101 Å². The van der Waals surface area contributed by atoms with Crippen LogP contribution >= 0.6 is 0 Å². The van der Waals surface area contributed by atoms with Crippen LogP contribution in [0.4, 0.5) is 0 Å². The summed E-state index contributed by atoms with van der Waals surface area (Å²) in [6, 6.07) is 15.6. The zero-order valence-corrected chi connectivity index (χ0v) is 20.6. The maximum Gasteiger partial charge on any atom is 0.290 e. The average Bonchev–Trinajstić information content (AvgIpc) is 3.23. The Morgan fingerprint density at radius 3 is 2.15 bits per heavy atom. The molecule has 2 unspecified atom stereocenters. The number of ketones is 1. The summed E-state index contributed by atoms with van der Waals surface area (Å²) in [6.07, 6.45) is 0.0614. The number of H-pyrrole nitrogens is 1. The van der Waals surface area contributed by atoms with E-state index in [1.807, 2.05) is 31.2 Å². The van der Waals surface area contributed by atoms with Crippen molar-refractivity contribution in [3.8, 4) is 0 Å². The van der Waals surface area contributed by atoms with Crippen molar-refractivity contribution in [3.63, 3.8) is 0 Å². The monoisotopic (exact) mass is 466 g/mol. The Labute approximate surface area is 194 Å². The molecule has 7 nitrogen and oxygen atoms in total. The van der Waals surface area contributed by atoms with Crippen molar-refractivity contribution in [2.24, 2.45) is 0 Å². The Morgan fingerprint density at radius 1 is 1.03 bits per heavy atom. The third-order valence-electron chi connectivity index (χ3n) is 5.64. The second-order valence-electron chi connectivity index (χ2n) is 9.12. The van der Waals surface area contributed by atoms with Gasteiger partial charge in [-0.1, -0.05) is 73.4 Å². The number of rotatable bonds is 9. The van der Waals surface area contributed by atoms with Crippen molar-refractivity contribution >= 4 is 25.0 Å². The summed E-state index contributed by atoms with van der Waals surface area (Å²) < 4.78 is 10.2. The van der Waals surface area contributed by atoms with E-state index in [1.165, 1.54) is 5.19 Å². The molecule has 33 heavy (non-hydrogen) atoms. The number of amides is 1. The predicted molar refractivity (Wildman–Crippen MR) is 130 cm³/mol. The first-order valence-corrected chi connectivity index (χ1v) is 14.3. The summed E-state index contributed by atoms with van der Waals surface area (Å²) in [5.74, 6) is -0.994. The highest BCUT2D eigenvalue weighted by molar-refractivity contribution is 6.88. The Morgan fingerprint density at radius 2 is 1.64 bits per heavy atom. The van der Waals surface area contributed by atoms with Gasteiger partial charge in [0.25, 0.3) is 11.5 Å². The molecule has 0 aliphatic rings. The van der Waals surface area contributed by atoms with Crippen molar-refractivity contribution < 1.29 is 18.8 Å². The molecule has 2 aromatic carbocycles. The lowest BCUT2D eigenvalue weighted by molar-refractivity contribution is -0.120. The van der Waals surface area contributed by atoms with Gasteiger partial charge in [-0.3, -0.25) is 14.4 Å². The Bertz CT molecular complexity index is 1160. The molecule has 0 radical (unpaired) electrons. The Hall–Kier alpha value is -3.23. The van der Waals surface area contributed by atoms with Crippen molar-refractivity contribution in [3.05, 3.63) is 87.4 Å². The van der Waals surface area contributed by atoms with Gasteiger partial charge in [0.1, 0.15) is 6.04 Å². The standard InChI is InChI=1S/C25H30N2O5Si/c1-16(31-2)18-8-10-19(11-9-18)24(26-25(30)22-15-23(29)27-32-22)21(28)14-17-6-12-20(13-7-17)33(3,4)5/h6-13,15-16,24H,14H2,1-5H3,(H,26,30)(H,27,29). The minimum atomic E-state index is -1.44. The lowest BCUT2D eigenvalue weighted by Gasteiger charge is -2.20. The van der Waals surface area contributed by atoms with E-state index in [-0.39, 0.29) is 24.1 Å². The number of benzene rings is 2. The zero-order valence-electron chi connectivity index (χ0n) is 19.6. The first kappa shape index (κ1) is 24.4. The quantitative estimate of drug-likeness (QED) is 0.470. The van der Waals surface area contributed by atoms with Crippen LogP contribution in [0.1, 0.15) is 46.3 Å². The summed E-state index contributed by atoms with van der Waals surface area (Å²) >= 11 is 0. The van der Waals surface area contributed by atoms with Crippen molar-refractivity contribution in [2.75, 3.05) is 7.11 Å². The largest absolute Gasteiger partial charge is 0.377 e. The van der Waals surface area contributed by atoms with Gasteiger partial charge in [-0.25, -0.2) is 0 Å². The molecule has 0 saturated heterocycles. The molecular weight excluding hydrogens is 436 g/mol. The van der Waals surface area contributed by atoms with E-state index in [0.29, 0.717) is 5.56 Å². The zero-order chi connectivity index (χ0) is 24.2. The second-order valence-corrected chi connectivity index (χ2v) is 14.2. The van der Waals surface area contributed by atoms with E-state index in [9.17, 15) is 14.4 Å². The first-order chi connectivity index (χ1) is 15.6. The van der Waals surface area contributed by atoms with Crippen LogP contribution in [-0.2, 0) is 16.0 Å². The molecule has 2 N–H and O–H groups in total. The summed E-state index contributed by atoms with van der Waals surface area (Å²) in [5, 5.41) is 6.12. The van der Waals surface area contributed by atoms with Gasteiger partial charge >= 0.3 is 0 Å². The SMILES string of the molecule is COC(C)c1ccc(C(NC(=O)c2cc(=O)[nH]o2)C(=O)Cc2ccc([Si](C)(C)C)cc2)cc1. The molecule has 8 heteroatoms. The van der Waals surface area contributed by atoms with E-state index in [2.05, 4.69) is 42.2 Å². The van der Waals surface area contributed by atoms with Gasteiger partial charge in [0, 0.05) is 13.5 Å². The number of methoxy groups -OCH3 is 1. The lowest BCUT2D eigenvalue weighted by Crippen LogP contribution is -2.37. The van der Waals surface area contributed by atoms with Crippen LogP contribution in [0, 0.1) is 0 Å². The number of hydrogen-bond acceptors (Lipinski definition) is 5. The molecule has 0 bridgehead atoms. The fraction of sp³-hybridized carbons (Fsp3) is 0.320. The number of carbonyl (C=O) groups excluding carboxylic acids is 2. The average molecular weight is 467 g/mol. The Balaban J connectivity index is 1.86. The summed E-state index contributed by atoms with van der Waals surface area (Å²) in [6.45, 7) is 8.74. The maximum absolute atomic E-state index is 13.3. The van der Waals surface area contributed by atoms with E-state index in [1.54, 1.807) is 19.2 Å². The second kappa shape index (κ2) is 10.1. The highest BCUT2D eigenvalue weighted by Crippen LogP contribution is 2.22.